The molecule has 0 aliphatic carbocycles. The van der Waals surface area contributed by atoms with Crippen LogP contribution in [0.5, 0.6) is 0 Å². The van der Waals surface area contributed by atoms with Crippen molar-refractivity contribution in [1.82, 2.24) is 4.57 Å². The molecule has 176 valence electrons. The summed E-state index contributed by atoms with van der Waals surface area (Å²) in [6, 6.07) is 14.2. The Morgan fingerprint density at radius 2 is 1.00 bits per heavy atom. The molecule has 0 fully saturated rings. The summed E-state index contributed by atoms with van der Waals surface area (Å²) in [5.74, 6) is 0. The summed E-state index contributed by atoms with van der Waals surface area (Å²) in [5.41, 5.74) is 2.77. The molecule has 2 aromatic carbocycles. The zero-order valence-corrected chi connectivity index (χ0v) is 23.3. The van der Waals surface area contributed by atoms with E-state index in [-0.39, 0.29) is 0 Å². The second-order valence-electron chi connectivity index (χ2n) is 9.46. The molecule has 1 nitrogen and oxygen atoms in total. The van der Waals surface area contributed by atoms with Crippen LogP contribution in [0.15, 0.2) is 45.3 Å². The summed E-state index contributed by atoms with van der Waals surface area (Å²) in [6.45, 7) is 4.60. The van der Waals surface area contributed by atoms with Crippen LogP contribution in [0.4, 0.5) is 0 Å². The van der Waals surface area contributed by atoms with Crippen LogP contribution in [0.1, 0.15) is 110 Å². The van der Waals surface area contributed by atoms with Crippen molar-refractivity contribution < 1.29 is 0 Å². The molecular formula is C29H41Br2N. The molecule has 0 amide bonds. The lowest BCUT2D eigenvalue weighted by Crippen LogP contribution is -2.09. The van der Waals surface area contributed by atoms with Gasteiger partial charge in [-0.2, -0.15) is 0 Å². The lowest BCUT2D eigenvalue weighted by molar-refractivity contribution is 0.410. The Bertz CT molecular complexity index is 883. The van der Waals surface area contributed by atoms with Gasteiger partial charge in [0.15, 0.2) is 0 Å². The average Bonchev–Trinajstić information content (AvgIpc) is 3.09. The smallest absolute Gasteiger partial charge is 0.0505 e. The predicted molar refractivity (Wildman–Crippen MR) is 150 cm³/mol. The van der Waals surface area contributed by atoms with E-state index in [0.717, 1.165) is 0 Å². The summed E-state index contributed by atoms with van der Waals surface area (Å²) in [6.07, 6.45) is 19.0. The van der Waals surface area contributed by atoms with E-state index in [1.807, 2.05) is 0 Å². The molecule has 32 heavy (non-hydrogen) atoms. The highest BCUT2D eigenvalue weighted by Crippen LogP contribution is 2.38. The number of benzene rings is 2. The van der Waals surface area contributed by atoms with E-state index in [2.05, 4.69) is 86.7 Å². The first-order valence-electron chi connectivity index (χ1n) is 13.0. The van der Waals surface area contributed by atoms with E-state index in [1.54, 1.807) is 0 Å². The molecule has 0 aliphatic rings. The van der Waals surface area contributed by atoms with Crippen LogP contribution in [0.25, 0.3) is 21.8 Å². The highest BCUT2D eigenvalue weighted by Gasteiger charge is 2.19. The van der Waals surface area contributed by atoms with Gasteiger partial charge in [0.2, 0.25) is 0 Å². The van der Waals surface area contributed by atoms with Gasteiger partial charge < -0.3 is 4.57 Å². The van der Waals surface area contributed by atoms with Crippen LogP contribution in [-0.4, -0.2) is 4.57 Å². The summed E-state index contributed by atoms with van der Waals surface area (Å²) in [7, 11) is 0. The summed E-state index contributed by atoms with van der Waals surface area (Å²) in [4.78, 5) is 0. The second kappa shape index (κ2) is 13.8. The Labute approximate surface area is 212 Å². The molecule has 3 heteroatoms. The lowest BCUT2D eigenvalue weighted by Gasteiger charge is -2.22. The number of nitrogens with zero attached hydrogens (tertiary/aromatic N) is 1. The first-order valence-corrected chi connectivity index (χ1v) is 14.6. The van der Waals surface area contributed by atoms with E-state index in [0.29, 0.717) is 6.04 Å². The van der Waals surface area contributed by atoms with E-state index in [1.165, 1.54) is 121 Å². The SMILES string of the molecule is CCCCCCCCC(CCCCCCCC)n1c2cc(Br)ccc2c2ccc(Br)cc21. The molecule has 0 unspecified atom stereocenters. The first kappa shape index (κ1) is 25.8. The molecule has 1 aromatic heterocycles. The topological polar surface area (TPSA) is 4.93 Å². The third-order valence-corrected chi connectivity index (χ3v) is 7.86. The average molecular weight is 563 g/mol. The largest absolute Gasteiger partial charge is 0.337 e. The maximum atomic E-state index is 3.74. The van der Waals surface area contributed by atoms with Gasteiger partial charge in [0.05, 0.1) is 11.0 Å². The number of rotatable bonds is 15. The van der Waals surface area contributed by atoms with Gasteiger partial charge in [-0.25, -0.2) is 0 Å². The number of hydrogen-bond donors (Lipinski definition) is 0. The van der Waals surface area contributed by atoms with Gasteiger partial charge in [-0.05, 0) is 37.1 Å². The maximum Gasteiger partial charge on any atom is 0.0505 e. The molecule has 0 N–H and O–H groups in total. The van der Waals surface area contributed by atoms with Crippen LogP contribution in [-0.2, 0) is 0 Å². The van der Waals surface area contributed by atoms with Crippen molar-refractivity contribution in [1.29, 1.82) is 0 Å². The van der Waals surface area contributed by atoms with Crippen molar-refractivity contribution in [2.45, 2.75) is 110 Å². The van der Waals surface area contributed by atoms with Crippen molar-refractivity contribution in [3.05, 3.63) is 45.3 Å². The predicted octanol–water partition coefficient (Wildman–Crippen LogP) is 11.4. The Kier molecular flexibility index (Phi) is 11.1. The van der Waals surface area contributed by atoms with E-state index in [4.69, 9.17) is 0 Å². The molecule has 3 aromatic rings. The summed E-state index contributed by atoms with van der Waals surface area (Å²) in [5, 5.41) is 2.76. The fraction of sp³-hybridized carbons (Fsp3) is 0.586. The molecule has 3 rings (SSSR count). The van der Waals surface area contributed by atoms with Crippen molar-refractivity contribution in [2.24, 2.45) is 0 Å². The molecule has 0 saturated heterocycles. The van der Waals surface area contributed by atoms with Gasteiger partial charge >= 0.3 is 0 Å². The zero-order valence-electron chi connectivity index (χ0n) is 20.1. The Morgan fingerprint density at radius 3 is 1.44 bits per heavy atom. The second-order valence-corrected chi connectivity index (χ2v) is 11.3. The van der Waals surface area contributed by atoms with Crippen LogP contribution in [0.2, 0.25) is 0 Å². The molecular weight excluding hydrogens is 522 g/mol. The molecule has 0 radical (unpaired) electrons. The summed E-state index contributed by atoms with van der Waals surface area (Å²) >= 11 is 7.48. The zero-order chi connectivity index (χ0) is 22.8. The van der Waals surface area contributed by atoms with E-state index >= 15 is 0 Å². The third kappa shape index (κ3) is 7.10. The van der Waals surface area contributed by atoms with Crippen LogP contribution >= 0.6 is 31.9 Å². The minimum absolute atomic E-state index is 0.580. The van der Waals surface area contributed by atoms with Gasteiger partial charge in [-0.1, -0.05) is 135 Å². The van der Waals surface area contributed by atoms with E-state index in [9.17, 15) is 0 Å². The van der Waals surface area contributed by atoms with Gasteiger partial charge in [0.1, 0.15) is 0 Å². The number of hydrogen-bond acceptors (Lipinski definition) is 0. The highest BCUT2D eigenvalue weighted by molar-refractivity contribution is 9.10. The third-order valence-electron chi connectivity index (χ3n) is 6.88. The number of halogens is 2. The number of unbranched alkanes of at least 4 members (excludes halogenated alkanes) is 10. The fourth-order valence-corrected chi connectivity index (χ4v) is 5.81. The van der Waals surface area contributed by atoms with Crippen molar-refractivity contribution in [3.8, 4) is 0 Å². The van der Waals surface area contributed by atoms with Crippen LogP contribution < -0.4 is 0 Å². The molecule has 1 heterocycles. The molecule has 0 saturated carbocycles. The number of fused-ring (bicyclic) bond motifs is 3. The summed E-state index contributed by atoms with van der Waals surface area (Å²) < 4.78 is 5.02. The minimum atomic E-state index is 0.580. The van der Waals surface area contributed by atoms with E-state index < -0.39 is 0 Å². The number of aromatic nitrogens is 1. The standard InChI is InChI=1S/C29H41Br2N/c1-3-5-7-9-11-13-15-25(16-14-12-10-8-6-4-2)32-28-21-23(30)17-19-26(28)27-20-18-24(31)22-29(27)32/h17-22,25H,3-16H2,1-2H3. The van der Waals surface area contributed by atoms with Gasteiger partial charge in [-0.3, -0.25) is 0 Å². The van der Waals surface area contributed by atoms with Crippen molar-refractivity contribution >= 4 is 53.7 Å². The molecule has 0 atom stereocenters. The van der Waals surface area contributed by atoms with Crippen molar-refractivity contribution in [2.75, 3.05) is 0 Å². The van der Waals surface area contributed by atoms with Gasteiger partial charge in [0.25, 0.3) is 0 Å². The van der Waals surface area contributed by atoms with Crippen LogP contribution in [0, 0.1) is 0 Å². The fourth-order valence-electron chi connectivity index (χ4n) is 5.11. The van der Waals surface area contributed by atoms with Crippen molar-refractivity contribution in [3.63, 3.8) is 0 Å². The lowest BCUT2D eigenvalue weighted by atomic mass is 9.99. The molecule has 0 aliphatic heterocycles. The Morgan fingerprint density at radius 1 is 0.594 bits per heavy atom. The van der Waals surface area contributed by atoms with Gasteiger partial charge in [-0.15, -0.1) is 0 Å². The van der Waals surface area contributed by atoms with Gasteiger partial charge in [0, 0.05) is 25.8 Å². The minimum Gasteiger partial charge on any atom is -0.337 e. The molecule has 0 spiro atoms. The highest BCUT2D eigenvalue weighted by atomic mass is 79.9. The maximum absolute atomic E-state index is 3.74. The Balaban J connectivity index is 1.84. The molecule has 0 bridgehead atoms. The first-order chi connectivity index (χ1) is 15.7. The van der Waals surface area contributed by atoms with Crippen LogP contribution in [0.3, 0.4) is 0 Å². The quantitative estimate of drug-likeness (QED) is 0.162. The normalized spacial score (nSPS) is 11.9. The Hall–Kier alpha value is -0.800. The monoisotopic (exact) mass is 561 g/mol.